The molecule has 168 valence electrons. The highest BCUT2D eigenvalue weighted by atomic mass is 32.2. The van der Waals surface area contributed by atoms with Gasteiger partial charge < -0.3 is 15.1 Å². The Labute approximate surface area is 181 Å². The highest BCUT2D eigenvalue weighted by Crippen LogP contribution is 2.37. The fraction of sp³-hybridized carbons (Fsp3) is 0.143. The third-order valence-corrected chi connectivity index (χ3v) is 5.08. The van der Waals surface area contributed by atoms with Crippen LogP contribution in [0.5, 0.6) is 0 Å². The monoisotopic (exact) mass is 466 g/mol. The summed E-state index contributed by atoms with van der Waals surface area (Å²) in [5, 5.41) is 4.50. The van der Waals surface area contributed by atoms with E-state index >= 15 is 0 Å². The van der Waals surface area contributed by atoms with Crippen molar-refractivity contribution < 1.29 is 35.6 Å². The summed E-state index contributed by atoms with van der Waals surface area (Å²) in [6.07, 6.45) is -2.50. The van der Waals surface area contributed by atoms with E-state index in [9.17, 15) is 31.2 Å². The number of amides is 2. The molecule has 0 aliphatic heterocycles. The largest absolute Gasteiger partial charge is 0.459 e. The second kappa shape index (κ2) is 8.87. The first kappa shape index (κ1) is 23.1. The topological polar surface area (TPSA) is 105 Å². The van der Waals surface area contributed by atoms with Crippen molar-refractivity contribution in [2.75, 3.05) is 16.9 Å². The highest BCUT2D eigenvalue weighted by Gasteiger charge is 2.34. The van der Waals surface area contributed by atoms with Crippen molar-refractivity contribution in [1.82, 2.24) is 0 Å². The van der Waals surface area contributed by atoms with E-state index in [0.717, 1.165) is 12.3 Å². The van der Waals surface area contributed by atoms with Gasteiger partial charge in [-0.1, -0.05) is 12.1 Å². The zero-order chi connectivity index (χ0) is 23.5. The van der Waals surface area contributed by atoms with Gasteiger partial charge in [-0.25, -0.2) is 8.42 Å². The average Bonchev–Trinajstić information content (AvgIpc) is 3.22. The van der Waals surface area contributed by atoms with Gasteiger partial charge in [0.25, 0.3) is 11.8 Å². The van der Waals surface area contributed by atoms with Crippen molar-refractivity contribution in [3.63, 3.8) is 0 Å². The molecule has 0 spiro atoms. The number of nitrogens with one attached hydrogen (secondary N) is 2. The summed E-state index contributed by atoms with van der Waals surface area (Å²) in [5.41, 5.74) is -1.31. The number of carbonyl (C=O) groups excluding carboxylic acids is 2. The lowest BCUT2D eigenvalue weighted by molar-refractivity contribution is -0.136. The summed E-state index contributed by atoms with van der Waals surface area (Å²) in [5.74, 6) is -1.84. The van der Waals surface area contributed by atoms with Gasteiger partial charge in [0.2, 0.25) is 0 Å². The standard InChI is InChI=1S/C21H17F3N2O5S/c1-32(29,30)12-13-4-6-14(7-5-13)19(27)26-17-9-8-15(11-16(17)21(22,23)24)25-20(28)18-3-2-10-31-18/h2-11H,12H2,1H3,(H,25,28)(H,26,27). The highest BCUT2D eigenvalue weighted by molar-refractivity contribution is 7.89. The Bertz CT molecular complexity index is 1240. The van der Waals surface area contributed by atoms with Crippen LogP contribution in [0.2, 0.25) is 0 Å². The molecular weight excluding hydrogens is 449 g/mol. The first-order valence-corrected chi connectivity index (χ1v) is 11.1. The van der Waals surface area contributed by atoms with Crippen LogP contribution in [-0.2, 0) is 21.8 Å². The fourth-order valence-electron chi connectivity index (χ4n) is 2.82. The number of anilines is 2. The van der Waals surface area contributed by atoms with E-state index in [4.69, 9.17) is 4.42 Å². The molecule has 11 heteroatoms. The van der Waals surface area contributed by atoms with Gasteiger partial charge in [0.05, 0.1) is 23.3 Å². The van der Waals surface area contributed by atoms with E-state index in [1.54, 1.807) is 0 Å². The number of rotatable bonds is 6. The molecule has 3 aromatic rings. The molecule has 0 atom stereocenters. The van der Waals surface area contributed by atoms with Crippen LogP contribution in [0.3, 0.4) is 0 Å². The summed E-state index contributed by atoms with van der Waals surface area (Å²) in [4.78, 5) is 24.4. The maximum atomic E-state index is 13.6. The van der Waals surface area contributed by atoms with E-state index in [1.165, 1.54) is 48.7 Å². The van der Waals surface area contributed by atoms with E-state index in [1.807, 2.05) is 0 Å². The Morgan fingerprint density at radius 3 is 2.22 bits per heavy atom. The number of carbonyl (C=O) groups is 2. The van der Waals surface area contributed by atoms with Gasteiger partial charge in [0.1, 0.15) is 0 Å². The van der Waals surface area contributed by atoms with Gasteiger partial charge in [-0.15, -0.1) is 0 Å². The van der Waals surface area contributed by atoms with Crippen molar-refractivity contribution in [2.45, 2.75) is 11.9 Å². The molecule has 0 aliphatic carbocycles. The van der Waals surface area contributed by atoms with Crippen LogP contribution in [-0.4, -0.2) is 26.5 Å². The summed E-state index contributed by atoms with van der Waals surface area (Å²) >= 11 is 0. The molecule has 2 N–H and O–H groups in total. The first-order valence-electron chi connectivity index (χ1n) is 9.06. The molecule has 0 unspecified atom stereocenters. The summed E-state index contributed by atoms with van der Waals surface area (Å²) < 4.78 is 68.3. The number of benzene rings is 2. The Hall–Kier alpha value is -3.60. The van der Waals surface area contributed by atoms with Crippen molar-refractivity contribution >= 4 is 33.0 Å². The maximum Gasteiger partial charge on any atom is 0.418 e. The smallest absolute Gasteiger partial charge is 0.418 e. The van der Waals surface area contributed by atoms with Gasteiger partial charge in [0, 0.05) is 17.5 Å². The Kier molecular flexibility index (Phi) is 6.40. The maximum absolute atomic E-state index is 13.6. The molecule has 3 rings (SSSR count). The number of alkyl halides is 3. The summed E-state index contributed by atoms with van der Waals surface area (Å²) in [6.45, 7) is 0. The molecule has 7 nitrogen and oxygen atoms in total. The Morgan fingerprint density at radius 1 is 0.969 bits per heavy atom. The van der Waals surface area contributed by atoms with Gasteiger partial charge in [-0.05, 0) is 48.0 Å². The molecule has 1 aromatic heterocycles. The molecule has 1 heterocycles. The van der Waals surface area contributed by atoms with E-state index in [2.05, 4.69) is 10.6 Å². The van der Waals surface area contributed by atoms with Crippen molar-refractivity contribution in [1.29, 1.82) is 0 Å². The van der Waals surface area contributed by atoms with Gasteiger partial charge in [-0.2, -0.15) is 13.2 Å². The van der Waals surface area contributed by atoms with E-state index in [-0.39, 0.29) is 22.8 Å². The van der Waals surface area contributed by atoms with Crippen LogP contribution in [0.4, 0.5) is 24.5 Å². The normalized spacial score (nSPS) is 11.8. The predicted molar refractivity (Wildman–Crippen MR) is 111 cm³/mol. The van der Waals surface area contributed by atoms with Crippen LogP contribution in [0.1, 0.15) is 32.0 Å². The molecule has 0 fully saturated rings. The van der Waals surface area contributed by atoms with Crippen LogP contribution in [0.25, 0.3) is 0 Å². The quantitative estimate of drug-likeness (QED) is 0.562. The van der Waals surface area contributed by atoms with Crippen LogP contribution in [0.15, 0.2) is 65.3 Å². The van der Waals surface area contributed by atoms with Crippen molar-refractivity contribution in [3.8, 4) is 0 Å². The molecule has 0 saturated heterocycles. The van der Waals surface area contributed by atoms with E-state index < -0.39 is 39.1 Å². The summed E-state index contributed by atoms with van der Waals surface area (Å²) in [7, 11) is -3.27. The average molecular weight is 466 g/mol. The minimum atomic E-state index is -4.81. The van der Waals surface area contributed by atoms with Crippen molar-refractivity contribution in [3.05, 3.63) is 83.3 Å². The molecule has 2 aromatic carbocycles. The number of sulfone groups is 1. The molecule has 0 bridgehead atoms. The lowest BCUT2D eigenvalue weighted by Gasteiger charge is -2.16. The lowest BCUT2D eigenvalue weighted by Crippen LogP contribution is -2.18. The van der Waals surface area contributed by atoms with Gasteiger partial charge in [-0.3, -0.25) is 9.59 Å². The van der Waals surface area contributed by atoms with Crippen molar-refractivity contribution in [2.24, 2.45) is 0 Å². The second-order valence-corrected chi connectivity index (χ2v) is 9.05. The number of halogens is 3. The molecule has 32 heavy (non-hydrogen) atoms. The van der Waals surface area contributed by atoms with Crippen LogP contribution >= 0.6 is 0 Å². The number of furan rings is 1. The third-order valence-electron chi connectivity index (χ3n) is 4.22. The first-order chi connectivity index (χ1) is 14.9. The fourth-order valence-corrected chi connectivity index (χ4v) is 3.61. The SMILES string of the molecule is CS(=O)(=O)Cc1ccc(C(=O)Nc2ccc(NC(=O)c3ccco3)cc2C(F)(F)F)cc1. The molecule has 2 amide bonds. The van der Waals surface area contributed by atoms with E-state index in [0.29, 0.717) is 11.6 Å². The number of hydrogen-bond donors (Lipinski definition) is 2. The van der Waals surface area contributed by atoms with Gasteiger partial charge >= 0.3 is 6.18 Å². The zero-order valence-electron chi connectivity index (χ0n) is 16.6. The molecular formula is C21H17F3N2O5S. The minimum Gasteiger partial charge on any atom is -0.459 e. The predicted octanol–water partition coefficient (Wildman–Crippen LogP) is 4.35. The molecule has 0 saturated carbocycles. The molecule has 0 aliphatic rings. The summed E-state index contributed by atoms with van der Waals surface area (Å²) in [6, 6.07) is 11.2. The Morgan fingerprint density at radius 2 is 1.66 bits per heavy atom. The Balaban J connectivity index is 1.80. The zero-order valence-corrected chi connectivity index (χ0v) is 17.4. The molecule has 0 radical (unpaired) electrons. The number of hydrogen-bond acceptors (Lipinski definition) is 5. The second-order valence-electron chi connectivity index (χ2n) is 6.91. The van der Waals surface area contributed by atoms with Crippen LogP contribution in [0, 0.1) is 0 Å². The van der Waals surface area contributed by atoms with Gasteiger partial charge in [0.15, 0.2) is 15.6 Å². The third kappa shape index (κ3) is 5.97. The lowest BCUT2D eigenvalue weighted by atomic mass is 10.1. The van der Waals surface area contributed by atoms with Crippen LogP contribution < -0.4 is 10.6 Å². The minimum absolute atomic E-state index is 0.0468.